The summed E-state index contributed by atoms with van der Waals surface area (Å²) in [4.78, 5) is 15.1. The molecular formula is C21H32ClN3O4. The lowest BCUT2D eigenvalue weighted by Crippen LogP contribution is -2.48. The van der Waals surface area contributed by atoms with Gasteiger partial charge in [-0.25, -0.2) is 0 Å². The van der Waals surface area contributed by atoms with Crippen molar-refractivity contribution in [3.05, 3.63) is 22.2 Å². The summed E-state index contributed by atoms with van der Waals surface area (Å²) in [5, 5.41) is 13.8. The minimum absolute atomic E-state index is 0.0206. The van der Waals surface area contributed by atoms with Crippen LogP contribution in [0.5, 0.6) is 5.75 Å². The molecule has 1 aromatic carbocycles. The molecule has 1 fully saturated rings. The average Bonchev–Trinajstić information content (AvgIpc) is 2.99. The molecule has 162 valence electrons. The van der Waals surface area contributed by atoms with Crippen LogP contribution < -0.4 is 15.8 Å². The number of carbonyl (C=O) groups is 1. The Balaban J connectivity index is 1.60. The predicted molar refractivity (Wildman–Crippen MR) is 114 cm³/mol. The number of hydrogen-bond acceptors (Lipinski definition) is 6. The third-order valence-electron chi connectivity index (χ3n) is 5.75. The van der Waals surface area contributed by atoms with Gasteiger partial charge in [-0.05, 0) is 39.3 Å². The number of carbonyl (C=O) groups excluding carboxylic acids is 1. The van der Waals surface area contributed by atoms with Crippen LogP contribution in [0.15, 0.2) is 6.07 Å². The number of rotatable bonds is 7. The van der Waals surface area contributed by atoms with Gasteiger partial charge in [-0.3, -0.25) is 4.79 Å². The first-order valence-corrected chi connectivity index (χ1v) is 10.6. The second-order valence-electron chi connectivity index (χ2n) is 8.64. The van der Waals surface area contributed by atoms with Crippen LogP contribution >= 0.6 is 11.6 Å². The van der Waals surface area contributed by atoms with E-state index in [1.807, 2.05) is 13.8 Å². The topological polar surface area (TPSA) is 97.1 Å². The molecule has 1 saturated heterocycles. The molecule has 7 nitrogen and oxygen atoms in total. The quantitative estimate of drug-likeness (QED) is 0.457. The Bertz CT molecular complexity index is 756. The molecule has 1 aromatic rings. The molecule has 0 radical (unpaired) electrons. The third kappa shape index (κ3) is 5.15. The van der Waals surface area contributed by atoms with Crippen LogP contribution in [0, 0.1) is 5.92 Å². The van der Waals surface area contributed by atoms with Crippen molar-refractivity contribution < 1.29 is 19.4 Å². The molecular weight excluding hydrogens is 394 g/mol. The monoisotopic (exact) mass is 425 g/mol. The van der Waals surface area contributed by atoms with Crippen molar-refractivity contribution in [1.29, 1.82) is 0 Å². The van der Waals surface area contributed by atoms with Crippen molar-refractivity contribution in [2.45, 2.75) is 44.8 Å². The Labute approximate surface area is 177 Å². The number of methoxy groups -OCH3 is 1. The van der Waals surface area contributed by atoms with Gasteiger partial charge in [0.05, 0.1) is 22.4 Å². The van der Waals surface area contributed by atoms with E-state index in [9.17, 15) is 9.90 Å². The fourth-order valence-electron chi connectivity index (χ4n) is 4.14. The number of β-amino-alcohol motifs (C(OH)–C–C–N with tert-alkyl or cyclic N) is 1. The summed E-state index contributed by atoms with van der Waals surface area (Å²) in [7, 11) is 1.69. The number of aliphatic hydroxyl groups is 1. The van der Waals surface area contributed by atoms with E-state index in [2.05, 4.69) is 10.2 Å². The maximum atomic E-state index is 12.9. The molecule has 4 N–H and O–H groups in total. The predicted octanol–water partition coefficient (Wildman–Crippen LogP) is 2.08. The number of piperidine rings is 1. The minimum Gasteiger partial charge on any atom is -0.486 e. The Morgan fingerprint density at radius 3 is 2.97 bits per heavy atom. The number of likely N-dealkylation sites (tertiary alicyclic amines) is 1. The maximum Gasteiger partial charge on any atom is 0.255 e. The lowest BCUT2D eigenvalue weighted by Gasteiger charge is -2.36. The van der Waals surface area contributed by atoms with Gasteiger partial charge in [-0.15, -0.1) is 0 Å². The molecule has 0 bridgehead atoms. The second-order valence-corrected chi connectivity index (χ2v) is 9.05. The zero-order chi connectivity index (χ0) is 21.2. The van der Waals surface area contributed by atoms with E-state index in [4.69, 9.17) is 26.8 Å². The molecule has 2 atom stereocenters. The van der Waals surface area contributed by atoms with Crippen molar-refractivity contribution in [3.63, 3.8) is 0 Å². The average molecular weight is 426 g/mol. The highest BCUT2D eigenvalue weighted by Crippen LogP contribution is 2.44. The Morgan fingerprint density at radius 1 is 1.52 bits per heavy atom. The largest absolute Gasteiger partial charge is 0.486 e. The number of anilines is 1. The fraction of sp³-hybridized carbons (Fsp3) is 0.667. The molecule has 8 heteroatoms. The highest BCUT2D eigenvalue weighted by Gasteiger charge is 2.36. The Hall–Kier alpha value is -1.54. The lowest BCUT2D eigenvalue weighted by atomic mass is 9.93. The van der Waals surface area contributed by atoms with E-state index in [1.165, 1.54) is 0 Å². The minimum atomic E-state index is -0.470. The highest BCUT2D eigenvalue weighted by molar-refractivity contribution is 6.33. The fourth-order valence-corrected chi connectivity index (χ4v) is 4.36. The highest BCUT2D eigenvalue weighted by atomic mass is 35.5. The first-order chi connectivity index (χ1) is 13.7. The number of aliphatic hydroxyl groups excluding tert-OH is 1. The number of nitrogens with two attached hydrogens (primary N) is 1. The molecule has 0 saturated carbocycles. The van der Waals surface area contributed by atoms with Crippen molar-refractivity contribution in [2.75, 3.05) is 45.6 Å². The van der Waals surface area contributed by atoms with Gasteiger partial charge >= 0.3 is 0 Å². The first kappa shape index (κ1) is 22.2. The first-order valence-electron chi connectivity index (χ1n) is 10.2. The van der Waals surface area contributed by atoms with Crippen LogP contribution in [0.3, 0.4) is 0 Å². The lowest BCUT2D eigenvalue weighted by molar-refractivity contribution is 0.0192. The second kappa shape index (κ2) is 9.08. The molecule has 2 aliphatic heterocycles. The van der Waals surface area contributed by atoms with E-state index in [0.717, 1.165) is 38.1 Å². The SMILES string of the molecule is COCCCN1CC[C@H](CNC(=O)c2cc(Cl)c(N)c3c2OC(C)(C)C3)[C@@H](O)C1. The zero-order valence-electron chi connectivity index (χ0n) is 17.5. The number of amides is 1. The van der Waals surface area contributed by atoms with Crippen LogP contribution in [-0.2, 0) is 11.2 Å². The van der Waals surface area contributed by atoms with E-state index in [-0.39, 0.29) is 11.8 Å². The van der Waals surface area contributed by atoms with E-state index in [0.29, 0.717) is 41.5 Å². The summed E-state index contributed by atoms with van der Waals surface area (Å²) in [5.41, 5.74) is 7.33. The van der Waals surface area contributed by atoms with Crippen LogP contribution in [0.4, 0.5) is 5.69 Å². The van der Waals surface area contributed by atoms with Crippen LogP contribution in [0.25, 0.3) is 0 Å². The van der Waals surface area contributed by atoms with Crippen LogP contribution in [0.2, 0.25) is 5.02 Å². The normalized spacial score (nSPS) is 23.5. The molecule has 3 rings (SSSR count). The smallest absolute Gasteiger partial charge is 0.255 e. The molecule has 0 unspecified atom stereocenters. The number of halogens is 1. The number of benzene rings is 1. The Kier molecular flexibility index (Phi) is 6.94. The summed E-state index contributed by atoms with van der Waals surface area (Å²) >= 11 is 6.26. The van der Waals surface area contributed by atoms with Crippen LogP contribution in [0.1, 0.15) is 42.6 Å². The standard InChI is InChI=1S/C21H32ClN3O4/c1-21(2)10-15-18(23)16(22)9-14(19(15)29-21)20(27)24-11-13-5-7-25(12-17(13)26)6-4-8-28-3/h9,13,17,26H,4-8,10-12,23H2,1-3H3,(H,24,27)/t13-,17+/m1/s1. The summed E-state index contributed by atoms with van der Waals surface area (Å²) in [5.74, 6) is 0.283. The molecule has 2 aliphatic rings. The van der Waals surface area contributed by atoms with Gasteiger partial charge in [0.1, 0.15) is 11.4 Å². The van der Waals surface area contributed by atoms with E-state index in [1.54, 1.807) is 13.2 Å². The van der Waals surface area contributed by atoms with E-state index < -0.39 is 11.7 Å². The summed E-state index contributed by atoms with van der Waals surface area (Å²) < 4.78 is 11.1. The van der Waals surface area contributed by atoms with Crippen molar-refractivity contribution in [3.8, 4) is 5.75 Å². The van der Waals surface area contributed by atoms with Crippen LogP contribution in [-0.4, -0.2) is 67.5 Å². The van der Waals surface area contributed by atoms with Gasteiger partial charge in [-0.2, -0.15) is 0 Å². The molecule has 0 aromatic heterocycles. The molecule has 0 aliphatic carbocycles. The molecule has 0 spiro atoms. The molecule has 2 heterocycles. The summed E-state index contributed by atoms with van der Waals surface area (Å²) in [6.07, 6.45) is 1.92. The van der Waals surface area contributed by atoms with Crippen molar-refractivity contribution in [1.82, 2.24) is 10.2 Å². The van der Waals surface area contributed by atoms with Gasteiger partial charge in [0, 0.05) is 51.3 Å². The maximum absolute atomic E-state index is 12.9. The molecule has 1 amide bonds. The summed E-state index contributed by atoms with van der Waals surface area (Å²) in [6, 6.07) is 1.57. The van der Waals surface area contributed by atoms with Gasteiger partial charge < -0.3 is 30.5 Å². The van der Waals surface area contributed by atoms with E-state index >= 15 is 0 Å². The number of hydrogen-bond donors (Lipinski definition) is 3. The zero-order valence-corrected chi connectivity index (χ0v) is 18.2. The van der Waals surface area contributed by atoms with Gasteiger partial charge in [0.25, 0.3) is 5.91 Å². The number of fused-ring (bicyclic) bond motifs is 1. The number of nitrogens with one attached hydrogen (secondary N) is 1. The number of nitrogens with zero attached hydrogens (tertiary/aromatic N) is 1. The van der Waals surface area contributed by atoms with Gasteiger partial charge in [-0.1, -0.05) is 11.6 Å². The van der Waals surface area contributed by atoms with Crippen molar-refractivity contribution in [2.24, 2.45) is 5.92 Å². The molecule has 29 heavy (non-hydrogen) atoms. The van der Waals surface area contributed by atoms with Gasteiger partial charge in [0.15, 0.2) is 0 Å². The number of nitrogen functional groups attached to an aromatic ring is 1. The van der Waals surface area contributed by atoms with Crippen molar-refractivity contribution >= 4 is 23.2 Å². The Morgan fingerprint density at radius 2 is 2.28 bits per heavy atom. The summed E-state index contributed by atoms with van der Waals surface area (Å²) in [6.45, 7) is 7.47. The van der Waals surface area contributed by atoms with Gasteiger partial charge in [0.2, 0.25) is 0 Å². The number of ether oxygens (including phenoxy) is 2. The third-order valence-corrected chi connectivity index (χ3v) is 6.06.